The molecular formula is C17H19ClN2O. The molecule has 21 heavy (non-hydrogen) atoms. The number of hydrogen-bond donors (Lipinski definition) is 2. The van der Waals surface area contributed by atoms with Gasteiger partial charge in [-0.1, -0.05) is 48.0 Å². The summed E-state index contributed by atoms with van der Waals surface area (Å²) in [7, 11) is 0. The van der Waals surface area contributed by atoms with E-state index < -0.39 is 0 Å². The van der Waals surface area contributed by atoms with Crippen LogP contribution in [0.15, 0.2) is 48.5 Å². The largest absolute Gasteiger partial charge is 0.325 e. The van der Waals surface area contributed by atoms with Gasteiger partial charge in [0.2, 0.25) is 5.91 Å². The second kappa shape index (κ2) is 7.25. The zero-order valence-corrected chi connectivity index (χ0v) is 12.9. The van der Waals surface area contributed by atoms with Crippen LogP contribution in [0.3, 0.4) is 0 Å². The standard InChI is InChI=1S/C17H19ClN2O/c1-12-8-9-15(18)10-16(12)20-17(21)11-19-13(2)14-6-4-3-5-7-14/h3-10,13,19H,11H2,1-2H3,(H,20,21)/t13-/m0/s1. The van der Waals surface area contributed by atoms with Crippen LogP contribution in [0, 0.1) is 6.92 Å². The first-order valence-electron chi connectivity index (χ1n) is 6.90. The van der Waals surface area contributed by atoms with Crippen LogP contribution in [0.25, 0.3) is 0 Å². The molecule has 0 saturated carbocycles. The first kappa shape index (κ1) is 15.5. The molecule has 1 atom stereocenters. The van der Waals surface area contributed by atoms with E-state index >= 15 is 0 Å². The lowest BCUT2D eigenvalue weighted by molar-refractivity contribution is -0.115. The van der Waals surface area contributed by atoms with E-state index in [1.165, 1.54) is 0 Å². The van der Waals surface area contributed by atoms with Crippen LogP contribution in [0.5, 0.6) is 0 Å². The third-order valence-corrected chi connectivity index (χ3v) is 3.58. The summed E-state index contributed by atoms with van der Waals surface area (Å²) in [5, 5.41) is 6.69. The van der Waals surface area contributed by atoms with Gasteiger partial charge in [-0.3, -0.25) is 4.79 Å². The van der Waals surface area contributed by atoms with Gasteiger partial charge in [0, 0.05) is 16.8 Å². The van der Waals surface area contributed by atoms with Gasteiger partial charge >= 0.3 is 0 Å². The van der Waals surface area contributed by atoms with E-state index in [1.807, 2.05) is 56.3 Å². The van der Waals surface area contributed by atoms with Crippen molar-refractivity contribution >= 4 is 23.2 Å². The van der Waals surface area contributed by atoms with Gasteiger partial charge in [0.05, 0.1) is 6.54 Å². The normalized spacial score (nSPS) is 12.0. The Morgan fingerprint density at radius 1 is 1.19 bits per heavy atom. The molecule has 3 nitrogen and oxygen atoms in total. The summed E-state index contributed by atoms with van der Waals surface area (Å²) in [6, 6.07) is 15.6. The van der Waals surface area contributed by atoms with Gasteiger partial charge in [0.15, 0.2) is 0 Å². The van der Waals surface area contributed by atoms with Crippen molar-refractivity contribution in [2.75, 3.05) is 11.9 Å². The molecule has 0 saturated heterocycles. The number of halogens is 1. The second-order valence-corrected chi connectivity index (χ2v) is 5.46. The molecule has 0 aliphatic heterocycles. The third-order valence-electron chi connectivity index (χ3n) is 3.34. The summed E-state index contributed by atoms with van der Waals surface area (Å²) < 4.78 is 0. The number of carbonyl (C=O) groups excluding carboxylic acids is 1. The van der Waals surface area contributed by atoms with E-state index in [1.54, 1.807) is 6.07 Å². The zero-order valence-electron chi connectivity index (χ0n) is 12.2. The minimum absolute atomic E-state index is 0.0804. The first-order chi connectivity index (χ1) is 10.1. The number of amides is 1. The molecule has 0 aromatic heterocycles. The number of nitrogens with one attached hydrogen (secondary N) is 2. The Labute approximate surface area is 130 Å². The topological polar surface area (TPSA) is 41.1 Å². The van der Waals surface area contributed by atoms with E-state index in [2.05, 4.69) is 10.6 Å². The highest BCUT2D eigenvalue weighted by Crippen LogP contribution is 2.20. The lowest BCUT2D eigenvalue weighted by Gasteiger charge is -2.14. The zero-order chi connectivity index (χ0) is 15.2. The Hall–Kier alpha value is -1.84. The van der Waals surface area contributed by atoms with Gasteiger partial charge in [0.1, 0.15) is 0 Å². The molecule has 4 heteroatoms. The molecule has 2 rings (SSSR count). The molecule has 0 bridgehead atoms. The monoisotopic (exact) mass is 302 g/mol. The van der Waals surface area contributed by atoms with Gasteiger partial charge in [-0.05, 0) is 37.1 Å². The Morgan fingerprint density at radius 3 is 2.62 bits per heavy atom. The number of anilines is 1. The summed E-state index contributed by atoms with van der Waals surface area (Å²) in [6.07, 6.45) is 0. The Bertz CT molecular complexity index is 613. The summed E-state index contributed by atoms with van der Waals surface area (Å²) in [5.74, 6) is -0.0804. The maximum absolute atomic E-state index is 12.0. The molecule has 0 unspecified atom stereocenters. The summed E-state index contributed by atoms with van der Waals surface area (Å²) in [6.45, 7) is 4.22. The molecule has 2 aromatic rings. The fraction of sp³-hybridized carbons (Fsp3) is 0.235. The number of rotatable bonds is 5. The van der Waals surface area contributed by atoms with Crippen LogP contribution < -0.4 is 10.6 Å². The quantitative estimate of drug-likeness (QED) is 0.878. The van der Waals surface area contributed by atoms with Gasteiger partial charge in [-0.15, -0.1) is 0 Å². The predicted octanol–water partition coefficient (Wildman–Crippen LogP) is 3.94. The van der Waals surface area contributed by atoms with Gasteiger partial charge in [0.25, 0.3) is 0 Å². The van der Waals surface area contributed by atoms with E-state index in [9.17, 15) is 4.79 Å². The number of carbonyl (C=O) groups is 1. The van der Waals surface area contributed by atoms with Crippen molar-refractivity contribution in [2.24, 2.45) is 0 Å². The van der Waals surface area contributed by atoms with Crippen LogP contribution in [-0.4, -0.2) is 12.5 Å². The molecular weight excluding hydrogens is 284 g/mol. The fourth-order valence-corrected chi connectivity index (χ4v) is 2.20. The Balaban J connectivity index is 1.89. The van der Waals surface area contributed by atoms with Gasteiger partial charge in [-0.2, -0.15) is 0 Å². The molecule has 2 N–H and O–H groups in total. The Morgan fingerprint density at radius 2 is 1.90 bits per heavy atom. The number of hydrogen-bond acceptors (Lipinski definition) is 2. The predicted molar refractivity (Wildman–Crippen MR) is 87.7 cm³/mol. The van der Waals surface area contributed by atoms with Gasteiger partial charge in [-0.25, -0.2) is 0 Å². The molecule has 110 valence electrons. The lowest BCUT2D eigenvalue weighted by atomic mass is 10.1. The van der Waals surface area contributed by atoms with Crippen molar-refractivity contribution in [3.8, 4) is 0 Å². The maximum atomic E-state index is 12.0. The average Bonchev–Trinajstić information content (AvgIpc) is 2.49. The van der Waals surface area contributed by atoms with Crippen LogP contribution in [0.4, 0.5) is 5.69 Å². The molecule has 0 aliphatic carbocycles. The molecule has 1 amide bonds. The van der Waals surface area contributed by atoms with Crippen LogP contribution in [-0.2, 0) is 4.79 Å². The highest BCUT2D eigenvalue weighted by Gasteiger charge is 2.08. The van der Waals surface area contributed by atoms with Crippen LogP contribution in [0.1, 0.15) is 24.1 Å². The third kappa shape index (κ3) is 4.59. The van der Waals surface area contributed by atoms with Crippen molar-refractivity contribution in [1.29, 1.82) is 0 Å². The van der Waals surface area contributed by atoms with E-state index in [0.717, 1.165) is 16.8 Å². The van der Waals surface area contributed by atoms with Crippen LogP contribution >= 0.6 is 11.6 Å². The number of benzene rings is 2. The van der Waals surface area contributed by atoms with Crippen molar-refractivity contribution < 1.29 is 4.79 Å². The molecule has 0 spiro atoms. The van der Waals surface area contributed by atoms with E-state index in [-0.39, 0.29) is 18.5 Å². The maximum Gasteiger partial charge on any atom is 0.238 e. The smallest absolute Gasteiger partial charge is 0.238 e. The number of aryl methyl sites for hydroxylation is 1. The summed E-state index contributed by atoms with van der Waals surface area (Å²) in [4.78, 5) is 12.0. The SMILES string of the molecule is Cc1ccc(Cl)cc1NC(=O)CN[C@@H](C)c1ccccc1. The van der Waals surface area contributed by atoms with Crippen LogP contribution in [0.2, 0.25) is 5.02 Å². The lowest BCUT2D eigenvalue weighted by Crippen LogP contribution is -2.30. The fourth-order valence-electron chi connectivity index (χ4n) is 2.03. The van der Waals surface area contributed by atoms with E-state index in [0.29, 0.717) is 5.02 Å². The minimum atomic E-state index is -0.0804. The first-order valence-corrected chi connectivity index (χ1v) is 7.28. The molecule has 2 aromatic carbocycles. The minimum Gasteiger partial charge on any atom is -0.325 e. The van der Waals surface area contributed by atoms with Gasteiger partial charge < -0.3 is 10.6 Å². The highest BCUT2D eigenvalue weighted by molar-refractivity contribution is 6.31. The average molecular weight is 303 g/mol. The Kier molecular flexibility index (Phi) is 5.37. The van der Waals surface area contributed by atoms with Crippen molar-refractivity contribution in [1.82, 2.24) is 5.32 Å². The second-order valence-electron chi connectivity index (χ2n) is 5.02. The van der Waals surface area contributed by atoms with E-state index in [4.69, 9.17) is 11.6 Å². The van der Waals surface area contributed by atoms with Crippen molar-refractivity contribution in [2.45, 2.75) is 19.9 Å². The summed E-state index contributed by atoms with van der Waals surface area (Å²) >= 11 is 5.94. The van der Waals surface area contributed by atoms with Crippen molar-refractivity contribution in [3.63, 3.8) is 0 Å². The summed E-state index contributed by atoms with van der Waals surface area (Å²) in [5.41, 5.74) is 2.90. The molecule has 0 radical (unpaired) electrons. The molecule has 0 fully saturated rings. The van der Waals surface area contributed by atoms with Crippen molar-refractivity contribution in [3.05, 3.63) is 64.7 Å². The molecule has 0 heterocycles. The molecule has 0 aliphatic rings. The highest BCUT2D eigenvalue weighted by atomic mass is 35.5.